The Labute approximate surface area is 121 Å². The quantitative estimate of drug-likeness (QED) is 0.780. The maximum Gasteiger partial charge on any atom is 0.374 e. The third kappa shape index (κ3) is 2.05. The van der Waals surface area contributed by atoms with Crippen molar-refractivity contribution in [3.63, 3.8) is 0 Å². The molecular formula is C15H14N4O2. The first-order valence-corrected chi connectivity index (χ1v) is 6.52. The van der Waals surface area contributed by atoms with E-state index in [1.54, 1.807) is 10.7 Å². The van der Waals surface area contributed by atoms with Crippen molar-refractivity contribution in [2.75, 3.05) is 0 Å². The molecular weight excluding hydrogens is 268 g/mol. The van der Waals surface area contributed by atoms with Gasteiger partial charge in [0.15, 0.2) is 5.82 Å². The number of aromatic carboxylic acids is 1. The van der Waals surface area contributed by atoms with Crippen LogP contribution in [0, 0.1) is 20.8 Å². The molecule has 6 heteroatoms. The second-order valence-electron chi connectivity index (χ2n) is 4.90. The number of aryl methyl sites for hydroxylation is 1. The van der Waals surface area contributed by atoms with Crippen LogP contribution in [0.15, 0.2) is 24.3 Å². The molecule has 0 atom stereocenters. The van der Waals surface area contributed by atoms with Crippen molar-refractivity contribution in [3.8, 4) is 5.82 Å². The Balaban J connectivity index is 2.39. The lowest BCUT2D eigenvalue weighted by Crippen LogP contribution is -2.10. The first-order chi connectivity index (χ1) is 9.99. The van der Waals surface area contributed by atoms with Crippen molar-refractivity contribution >= 4 is 16.9 Å². The normalized spacial score (nSPS) is 11.0. The highest BCUT2D eigenvalue weighted by molar-refractivity contribution is 5.91. The average Bonchev–Trinajstić information content (AvgIpc) is 2.73. The van der Waals surface area contributed by atoms with Crippen LogP contribution in [0.3, 0.4) is 0 Å². The zero-order valence-corrected chi connectivity index (χ0v) is 12.0. The number of carboxylic acid groups (broad SMARTS) is 1. The largest absolute Gasteiger partial charge is 0.475 e. The molecule has 0 aliphatic rings. The molecule has 0 amide bonds. The van der Waals surface area contributed by atoms with Gasteiger partial charge in [0.2, 0.25) is 5.82 Å². The number of hydrogen-bond acceptors (Lipinski definition) is 4. The number of carboxylic acids is 1. The van der Waals surface area contributed by atoms with Gasteiger partial charge in [0.05, 0.1) is 11.2 Å². The minimum absolute atomic E-state index is 0.228. The second kappa shape index (κ2) is 4.66. The number of fused-ring (bicyclic) bond motifs is 1. The van der Waals surface area contributed by atoms with Crippen molar-refractivity contribution in [1.82, 2.24) is 19.7 Å². The number of carbonyl (C=O) groups is 1. The Kier molecular flexibility index (Phi) is 2.94. The van der Waals surface area contributed by atoms with Crippen molar-refractivity contribution in [3.05, 3.63) is 47.0 Å². The van der Waals surface area contributed by atoms with Gasteiger partial charge < -0.3 is 5.11 Å². The minimum atomic E-state index is -1.15. The van der Waals surface area contributed by atoms with Gasteiger partial charge in [0.1, 0.15) is 0 Å². The molecule has 0 saturated heterocycles. The van der Waals surface area contributed by atoms with E-state index in [1.165, 1.54) is 0 Å². The summed E-state index contributed by atoms with van der Waals surface area (Å²) in [5.74, 6) is -0.888. The molecule has 106 valence electrons. The number of hydrogen-bond donors (Lipinski definition) is 1. The molecule has 0 saturated carbocycles. The summed E-state index contributed by atoms with van der Waals surface area (Å²) in [5, 5.41) is 14.4. The molecule has 0 aliphatic carbocycles. The van der Waals surface area contributed by atoms with Crippen LogP contribution in [0.4, 0.5) is 0 Å². The van der Waals surface area contributed by atoms with Gasteiger partial charge in [0.25, 0.3) is 0 Å². The summed E-state index contributed by atoms with van der Waals surface area (Å²) in [6.07, 6.45) is 0. The van der Waals surface area contributed by atoms with Crippen LogP contribution in [-0.4, -0.2) is 30.8 Å². The highest BCUT2D eigenvalue weighted by Gasteiger charge is 2.17. The first-order valence-electron chi connectivity index (χ1n) is 6.52. The second-order valence-corrected chi connectivity index (χ2v) is 4.90. The number of benzene rings is 1. The molecule has 0 aliphatic heterocycles. The van der Waals surface area contributed by atoms with Crippen LogP contribution >= 0.6 is 0 Å². The molecule has 2 heterocycles. The van der Waals surface area contributed by atoms with E-state index >= 15 is 0 Å². The summed E-state index contributed by atoms with van der Waals surface area (Å²) < 4.78 is 1.68. The molecule has 3 rings (SSSR count). The SMILES string of the molecule is Cc1nn(-c2nc(C(=O)O)nc3ccccc23)c(C)c1C. The zero-order valence-electron chi connectivity index (χ0n) is 12.0. The van der Waals surface area contributed by atoms with Gasteiger partial charge >= 0.3 is 5.97 Å². The molecule has 1 N–H and O–H groups in total. The fourth-order valence-electron chi connectivity index (χ4n) is 2.24. The van der Waals surface area contributed by atoms with Gasteiger partial charge in [-0.15, -0.1) is 0 Å². The summed E-state index contributed by atoms with van der Waals surface area (Å²) in [5.41, 5.74) is 3.49. The van der Waals surface area contributed by atoms with E-state index in [0.29, 0.717) is 11.3 Å². The summed E-state index contributed by atoms with van der Waals surface area (Å²) in [6.45, 7) is 5.84. The van der Waals surface area contributed by atoms with Gasteiger partial charge in [-0.1, -0.05) is 12.1 Å². The summed E-state index contributed by atoms with van der Waals surface area (Å²) in [4.78, 5) is 19.5. The van der Waals surface area contributed by atoms with Crippen molar-refractivity contribution < 1.29 is 9.90 Å². The topological polar surface area (TPSA) is 80.9 Å². The lowest BCUT2D eigenvalue weighted by atomic mass is 10.2. The van der Waals surface area contributed by atoms with E-state index in [0.717, 1.165) is 22.3 Å². The summed E-state index contributed by atoms with van der Waals surface area (Å²) in [7, 11) is 0. The predicted octanol–water partition coefficient (Wildman–Crippen LogP) is 2.44. The molecule has 3 aromatic rings. The van der Waals surface area contributed by atoms with Gasteiger partial charge in [-0.05, 0) is 38.5 Å². The van der Waals surface area contributed by atoms with E-state index in [9.17, 15) is 9.90 Å². The Hall–Kier alpha value is -2.76. The molecule has 6 nitrogen and oxygen atoms in total. The lowest BCUT2D eigenvalue weighted by molar-refractivity contribution is 0.0684. The smallest absolute Gasteiger partial charge is 0.374 e. The number of para-hydroxylation sites is 1. The van der Waals surface area contributed by atoms with Crippen LogP contribution in [0.1, 0.15) is 27.6 Å². The van der Waals surface area contributed by atoms with Crippen LogP contribution < -0.4 is 0 Å². The highest BCUT2D eigenvalue weighted by Crippen LogP contribution is 2.22. The third-order valence-corrected chi connectivity index (χ3v) is 3.63. The number of rotatable bonds is 2. The van der Waals surface area contributed by atoms with Crippen LogP contribution in [-0.2, 0) is 0 Å². The van der Waals surface area contributed by atoms with E-state index in [4.69, 9.17) is 0 Å². The van der Waals surface area contributed by atoms with Crippen LogP contribution in [0.5, 0.6) is 0 Å². The van der Waals surface area contributed by atoms with E-state index in [-0.39, 0.29) is 5.82 Å². The molecule has 1 aromatic carbocycles. The van der Waals surface area contributed by atoms with E-state index in [1.807, 2.05) is 39.0 Å². The third-order valence-electron chi connectivity index (χ3n) is 3.63. The first kappa shape index (κ1) is 13.2. The van der Waals surface area contributed by atoms with Gasteiger partial charge in [-0.3, -0.25) is 0 Å². The van der Waals surface area contributed by atoms with E-state index in [2.05, 4.69) is 15.1 Å². The van der Waals surface area contributed by atoms with Crippen molar-refractivity contribution in [1.29, 1.82) is 0 Å². The standard InChI is InChI=1S/C15H14N4O2/c1-8-9(2)18-19(10(8)3)14-11-6-4-5-7-12(11)16-13(17-14)15(20)21/h4-7H,1-3H3,(H,20,21). The maximum absolute atomic E-state index is 11.2. The minimum Gasteiger partial charge on any atom is -0.475 e. The van der Waals surface area contributed by atoms with Crippen LogP contribution in [0.25, 0.3) is 16.7 Å². The molecule has 0 spiro atoms. The molecule has 21 heavy (non-hydrogen) atoms. The molecule has 0 unspecified atom stereocenters. The maximum atomic E-state index is 11.2. The number of nitrogens with zero attached hydrogens (tertiary/aromatic N) is 4. The van der Waals surface area contributed by atoms with E-state index < -0.39 is 5.97 Å². The fourth-order valence-corrected chi connectivity index (χ4v) is 2.24. The van der Waals surface area contributed by atoms with Gasteiger partial charge in [-0.25, -0.2) is 19.4 Å². The summed E-state index contributed by atoms with van der Waals surface area (Å²) >= 11 is 0. The van der Waals surface area contributed by atoms with Gasteiger partial charge in [-0.2, -0.15) is 5.10 Å². The molecule has 0 bridgehead atoms. The van der Waals surface area contributed by atoms with Crippen molar-refractivity contribution in [2.24, 2.45) is 0 Å². The lowest BCUT2D eigenvalue weighted by Gasteiger charge is -2.08. The summed E-state index contributed by atoms with van der Waals surface area (Å²) in [6, 6.07) is 7.32. The zero-order chi connectivity index (χ0) is 15.1. The highest BCUT2D eigenvalue weighted by atomic mass is 16.4. The Morgan fingerprint density at radius 3 is 2.48 bits per heavy atom. The van der Waals surface area contributed by atoms with Crippen molar-refractivity contribution in [2.45, 2.75) is 20.8 Å². The molecule has 0 radical (unpaired) electrons. The molecule has 2 aromatic heterocycles. The average molecular weight is 282 g/mol. The monoisotopic (exact) mass is 282 g/mol. The predicted molar refractivity (Wildman–Crippen MR) is 77.8 cm³/mol. The number of aromatic nitrogens is 4. The van der Waals surface area contributed by atoms with Gasteiger partial charge in [0, 0.05) is 11.1 Å². The Bertz CT molecular complexity index is 867. The van der Waals surface area contributed by atoms with Crippen LogP contribution in [0.2, 0.25) is 0 Å². The fraction of sp³-hybridized carbons (Fsp3) is 0.200. The Morgan fingerprint density at radius 2 is 1.86 bits per heavy atom. The molecule has 0 fully saturated rings. The Morgan fingerprint density at radius 1 is 1.14 bits per heavy atom.